The maximum Gasteiger partial charge on any atom is 0.224 e. The van der Waals surface area contributed by atoms with E-state index in [1.54, 1.807) is 0 Å². The van der Waals surface area contributed by atoms with Crippen LogP contribution in [0.15, 0.2) is 16.6 Å². The van der Waals surface area contributed by atoms with Gasteiger partial charge in [0.2, 0.25) is 5.91 Å². The monoisotopic (exact) mass is 283 g/mol. The third kappa shape index (κ3) is 3.63. The summed E-state index contributed by atoms with van der Waals surface area (Å²) >= 11 is 3.44. The van der Waals surface area contributed by atoms with Crippen LogP contribution >= 0.6 is 15.9 Å². The Morgan fingerprint density at radius 1 is 1.31 bits per heavy atom. The van der Waals surface area contributed by atoms with Crippen molar-refractivity contribution < 1.29 is 4.79 Å². The van der Waals surface area contributed by atoms with E-state index < -0.39 is 0 Å². The molecular weight excluding hydrogens is 266 g/mol. The van der Waals surface area contributed by atoms with Crippen molar-refractivity contribution in [2.45, 2.75) is 34.1 Å². The summed E-state index contributed by atoms with van der Waals surface area (Å²) in [6, 6.07) is 4.02. The molecular formula is C13H18BrNO. The summed E-state index contributed by atoms with van der Waals surface area (Å²) < 4.78 is 1.05. The summed E-state index contributed by atoms with van der Waals surface area (Å²) in [6.07, 6.45) is 0.564. The van der Waals surface area contributed by atoms with Crippen LogP contribution in [0.2, 0.25) is 0 Å². The number of aryl methyl sites for hydroxylation is 2. The van der Waals surface area contributed by atoms with E-state index in [9.17, 15) is 4.79 Å². The first-order valence-corrected chi connectivity index (χ1v) is 6.26. The van der Waals surface area contributed by atoms with Crippen molar-refractivity contribution in [3.05, 3.63) is 27.7 Å². The molecule has 0 bridgehead atoms. The number of hydrogen-bond acceptors (Lipinski definition) is 1. The average Bonchev–Trinajstić information content (AvgIpc) is 2.09. The quantitative estimate of drug-likeness (QED) is 0.891. The van der Waals surface area contributed by atoms with Crippen molar-refractivity contribution in [2.75, 3.05) is 5.32 Å². The van der Waals surface area contributed by atoms with Crippen molar-refractivity contribution in [3.63, 3.8) is 0 Å². The molecule has 1 aromatic carbocycles. The zero-order valence-corrected chi connectivity index (χ0v) is 11.8. The Kier molecular flexibility index (Phi) is 4.54. The highest BCUT2D eigenvalue weighted by Crippen LogP contribution is 2.25. The van der Waals surface area contributed by atoms with E-state index in [2.05, 4.69) is 21.2 Å². The van der Waals surface area contributed by atoms with Gasteiger partial charge in [-0.2, -0.15) is 0 Å². The molecule has 0 aliphatic carbocycles. The summed E-state index contributed by atoms with van der Waals surface area (Å²) in [5.74, 6) is 0.472. The van der Waals surface area contributed by atoms with Gasteiger partial charge in [-0.15, -0.1) is 0 Å². The molecule has 0 fully saturated rings. The lowest BCUT2D eigenvalue weighted by Gasteiger charge is -2.13. The van der Waals surface area contributed by atoms with Gasteiger partial charge in [-0.05, 0) is 43.0 Å². The van der Waals surface area contributed by atoms with Gasteiger partial charge in [0.25, 0.3) is 0 Å². The van der Waals surface area contributed by atoms with E-state index in [4.69, 9.17) is 0 Å². The van der Waals surface area contributed by atoms with E-state index >= 15 is 0 Å². The van der Waals surface area contributed by atoms with E-state index in [0.717, 1.165) is 21.3 Å². The zero-order valence-electron chi connectivity index (χ0n) is 10.2. The highest BCUT2D eigenvalue weighted by Gasteiger charge is 2.09. The van der Waals surface area contributed by atoms with Gasteiger partial charge in [0.15, 0.2) is 0 Å². The molecule has 0 atom stereocenters. The number of anilines is 1. The number of halogens is 1. The number of rotatable bonds is 3. The largest absolute Gasteiger partial charge is 0.326 e. The standard InChI is InChI=1S/C13H18BrNO/c1-8(2)5-12(16)15-13-9(3)6-11(14)7-10(13)4/h6-8H,5H2,1-4H3,(H,15,16). The van der Waals surface area contributed by atoms with Gasteiger partial charge in [-0.3, -0.25) is 4.79 Å². The summed E-state index contributed by atoms with van der Waals surface area (Å²) in [7, 11) is 0. The minimum atomic E-state index is 0.0866. The number of hydrogen-bond donors (Lipinski definition) is 1. The van der Waals surface area contributed by atoms with Crippen LogP contribution in [-0.4, -0.2) is 5.91 Å². The van der Waals surface area contributed by atoms with Crippen molar-refractivity contribution in [1.29, 1.82) is 0 Å². The summed E-state index contributed by atoms with van der Waals surface area (Å²) in [4.78, 5) is 11.7. The predicted molar refractivity (Wildman–Crippen MR) is 71.7 cm³/mol. The number of carbonyl (C=O) groups excluding carboxylic acids is 1. The van der Waals surface area contributed by atoms with Crippen LogP contribution in [0.5, 0.6) is 0 Å². The SMILES string of the molecule is Cc1cc(Br)cc(C)c1NC(=O)CC(C)C. The second kappa shape index (κ2) is 5.48. The lowest BCUT2D eigenvalue weighted by Crippen LogP contribution is -2.15. The number of nitrogens with one attached hydrogen (secondary N) is 1. The minimum absolute atomic E-state index is 0.0866. The molecule has 0 saturated carbocycles. The van der Waals surface area contributed by atoms with Crippen LogP contribution in [0.3, 0.4) is 0 Å². The van der Waals surface area contributed by atoms with Gasteiger partial charge in [0, 0.05) is 16.6 Å². The molecule has 0 aliphatic heterocycles. The molecule has 3 heteroatoms. The molecule has 1 N–H and O–H groups in total. The molecule has 0 spiro atoms. The molecule has 0 heterocycles. The van der Waals surface area contributed by atoms with E-state index in [0.29, 0.717) is 12.3 Å². The van der Waals surface area contributed by atoms with Crippen molar-refractivity contribution in [1.82, 2.24) is 0 Å². The lowest BCUT2D eigenvalue weighted by atomic mass is 10.1. The molecule has 1 amide bonds. The van der Waals surface area contributed by atoms with Crippen molar-refractivity contribution >= 4 is 27.5 Å². The molecule has 16 heavy (non-hydrogen) atoms. The normalized spacial score (nSPS) is 10.6. The van der Waals surface area contributed by atoms with E-state index in [-0.39, 0.29) is 5.91 Å². The second-order valence-corrected chi connectivity index (χ2v) is 5.48. The minimum Gasteiger partial charge on any atom is -0.326 e. The van der Waals surface area contributed by atoms with E-state index in [1.807, 2.05) is 39.8 Å². The highest BCUT2D eigenvalue weighted by atomic mass is 79.9. The summed E-state index contributed by atoms with van der Waals surface area (Å²) in [6.45, 7) is 8.09. The molecule has 0 saturated heterocycles. The third-order valence-electron chi connectivity index (χ3n) is 2.36. The van der Waals surface area contributed by atoms with Crippen molar-refractivity contribution in [3.8, 4) is 0 Å². The first-order valence-electron chi connectivity index (χ1n) is 5.46. The summed E-state index contributed by atoms with van der Waals surface area (Å²) in [5.41, 5.74) is 3.11. The number of amides is 1. The second-order valence-electron chi connectivity index (χ2n) is 4.56. The Hall–Kier alpha value is -0.830. The Morgan fingerprint density at radius 3 is 2.25 bits per heavy atom. The van der Waals surface area contributed by atoms with Gasteiger partial charge < -0.3 is 5.32 Å². The molecule has 0 unspecified atom stereocenters. The van der Waals surface area contributed by atoms with Gasteiger partial charge in [0.05, 0.1) is 0 Å². The topological polar surface area (TPSA) is 29.1 Å². The molecule has 0 radical (unpaired) electrons. The number of benzene rings is 1. The van der Waals surface area contributed by atoms with Gasteiger partial charge in [0.1, 0.15) is 0 Å². The van der Waals surface area contributed by atoms with Gasteiger partial charge >= 0.3 is 0 Å². The van der Waals surface area contributed by atoms with Crippen molar-refractivity contribution in [2.24, 2.45) is 5.92 Å². The van der Waals surface area contributed by atoms with Gasteiger partial charge in [-0.25, -0.2) is 0 Å². The van der Waals surface area contributed by atoms with Gasteiger partial charge in [-0.1, -0.05) is 29.8 Å². The molecule has 88 valence electrons. The van der Waals surface area contributed by atoms with Crippen LogP contribution in [0.1, 0.15) is 31.4 Å². The Bertz CT molecular complexity index is 376. The maximum atomic E-state index is 11.7. The van der Waals surface area contributed by atoms with Crippen LogP contribution in [-0.2, 0) is 4.79 Å². The number of carbonyl (C=O) groups is 1. The third-order valence-corrected chi connectivity index (χ3v) is 2.81. The Labute approximate surface area is 106 Å². The average molecular weight is 284 g/mol. The molecule has 0 aliphatic rings. The first kappa shape index (κ1) is 13.2. The lowest BCUT2D eigenvalue weighted by molar-refractivity contribution is -0.116. The molecule has 0 aromatic heterocycles. The van der Waals surface area contributed by atoms with Crippen LogP contribution in [0.25, 0.3) is 0 Å². The highest BCUT2D eigenvalue weighted by molar-refractivity contribution is 9.10. The Balaban J connectivity index is 2.85. The first-order chi connectivity index (χ1) is 7.40. The van der Waals surface area contributed by atoms with Crippen LogP contribution in [0.4, 0.5) is 5.69 Å². The molecule has 2 nitrogen and oxygen atoms in total. The zero-order chi connectivity index (χ0) is 12.3. The van der Waals surface area contributed by atoms with E-state index in [1.165, 1.54) is 0 Å². The Morgan fingerprint density at radius 2 is 1.81 bits per heavy atom. The molecule has 1 aromatic rings. The fourth-order valence-electron chi connectivity index (χ4n) is 1.67. The fraction of sp³-hybridized carbons (Fsp3) is 0.462. The molecule has 1 rings (SSSR count). The summed E-state index contributed by atoms with van der Waals surface area (Å²) in [5, 5.41) is 2.98. The van der Waals surface area contributed by atoms with Crippen LogP contribution in [0, 0.1) is 19.8 Å². The van der Waals surface area contributed by atoms with Crippen LogP contribution < -0.4 is 5.32 Å². The maximum absolute atomic E-state index is 11.7. The smallest absolute Gasteiger partial charge is 0.224 e. The predicted octanol–water partition coefficient (Wildman–Crippen LogP) is 4.05. The fourth-order valence-corrected chi connectivity index (χ4v) is 2.36.